The molecule has 0 saturated carbocycles. The zero-order chi connectivity index (χ0) is 9.68. The summed E-state index contributed by atoms with van der Waals surface area (Å²) < 4.78 is 5.03. The molecule has 0 aliphatic carbocycles. The second-order valence-corrected chi connectivity index (χ2v) is 2.41. The van der Waals surface area contributed by atoms with E-state index in [1.807, 2.05) is 12.1 Å². The normalized spacial score (nSPS) is 9.50. The fraction of sp³-hybridized carbons (Fsp3) is 0.100. The second kappa shape index (κ2) is 5.77. The number of carboxylic acids is 1. The van der Waals surface area contributed by atoms with Gasteiger partial charge in [0.25, 0.3) is 0 Å². The number of carbonyl (C=O) groups is 1. The van der Waals surface area contributed by atoms with Gasteiger partial charge in [-0.25, -0.2) is 4.79 Å². The topological polar surface area (TPSA) is 81.5 Å². The number of hydrogen-bond donors (Lipinski definition) is 2. The average Bonchev–Trinajstić information content (AvgIpc) is 2.15. The molecular formula is C10H13NO3. The number of hydrogen-bond acceptors (Lipinski definition) is 3. The van der Waals surface area contributed by atoms with Gasteiger partial charge in [-0.15, -0.1) is 0 Å². The van der Waals surface area contributed by atoms with Gasteiger partial charge >= 0.3 is 5.97 Å². The second-order valence-electron chi connectivity index (χ2n) is 2.41. The van der Waals surface area contributed by atoms with Crippen LogP contribution in [0.1, 0.15) is 5.56 Å². The van der Waals surface area contributed by atoms with Gasteiger partial charge in [0.1, 0.15) is 5.75 Å². The van der Waals surface area contributed by atoms with E-state index in [1.54, 1.807) is 19.2 Å². The summed E-state index contributed by atoms with van der Waals surface area (Å²) in [4.78, 5) is 10.2. The number of carboxylic acid groups (broad SMARTS) is 1. The summed E-state index contributed by atoms with van der Waals surface area (Å²) in [6.45, 7) is 0. The minimum absolute atomic E-state index is 0. The maximum Gasteiger partial charge on any atom is 0.328 e. The molecule has 0 aliphatic rings. The van der Waals surface area contributed by atoms with Crippen LogP contribution in [0, 0.1) is 0 Å². The van der Waals surface area contributed by atoms with Crippen LogP contribution >= 0.6 is 0 Å². The number of benzene rings is 1. The van der Waals surface area contributed by atoms with Crippen molar-refractivity contribution >= 4 is 12.0 Å². The highest BCUT2D eigenvalue weighted by Crippen LogP contribution is 2.18. The molecule has 0 fully saturated rings. The molecule has 0 radical (unpaired) electrons. The van der Waals surface area contributed by atoms with Gasteiger partial charge < -0.3 is 16.0 Å². The van der Waals surface area contributed by atoms with Crippen molar-refractivity contribution in [3.63, 3.8) is 0 Å². The van der Waals surface area contributed by atoms with Gasteiger partial charge in [-0.3, -0.25) is 0 Å². The van der Waals surface area contributed by atoms with E-state index in [1.165, 1.54) is 6.08 Å². The summed E-state index contributed by atoms with van der Waals surface area (Å²) >= 11 is 0. The van der Waals surface area contributed by atoms with E-state index in [0.717, 1.165) is 11.6 Å². The highest BCUT2D eigenvalue weighted by molar-refractivity contribution is 5.85. The Morgan fingerprint density at radius 3 is 2.64 bits per heavy atom. The smallest absolute Gasteiger partial charge is 0.328 e. The van der Waals surface area contributed by atoms with Crippen molar-refractivity contribution in [2.75, 3.05) is 7.11 Å². The van der Waals surface area contributed by atoms with Crippen molar-refractivity contribution in [3.8, 4) is 5.75 Å². The van der Waals surface area contributed by atoms with E-state index in [9.17, 15) is 4.79 Å². The third-order valence-electron chi connectivity index (χ3n) is 1.54. The maximum atomic E-state index is 10.2. The molecule has 0 atom stereocenters. The first-order valence-electron chi connectivity index (χ1n) is 3.78. The fourth-order valence-electron chi connectivity index (χ4n) is 0.965. The monoisotopic (exact) mass is 195 g/mol. The van der Waals surface area contributed by atoms with Crippen LogP contribution < -0.4 is 10.9 Å². The summed E-state index contributed by atoms with van der Waals surface area (Å²) in [5, 5.41) is 8.41. The molecule has 0 saturated heterocycles. The average molecular weight is 195 g/mol. The van der Waals surface area contributed by atoms with Gasteiger partial charge in [0.2, 0.25) is 0 Å². The van der Waals surface area contributed by atoms with Crippen LogP contribution in [0.2, 0.25) is 0 Å². The lowest BCUT2D eigenvalue weighted by atomic mass is 10.2. The maximum absolute atomic E-state index is 10.2. The predicted octanol–water partition coefficient (Wildman–Crippen LogP) is 1.95. The predicted molar refractivity (Wildman–Crippen MR) is 54.7 cm³/mol. The summed E-state index contributed by atoms with van der Waals surface area (Å²) in [5.74, 6) is -0.300. The Kier molecular flexibility index (Phi) is 5.02. The van der Waals surface area contributed by atoms with Crippen LogP contribution in [0.5, 0.6) is 5.75 Å². The van der Waals surface area contributed by atoms with E-state index < -0.39 is 5.97 Å². The molecule has 0 bridgehead atoms. The lowest BCUT2D eigenvalue weighted by Crippen LogP contribution is -1.88. The molecule has 4 heteroatoms. The summed E-state index contributed by atoms with van der Waals surface area (Å²) in [6.07, 6.45) is 2.58. The third kappa shape index (κ3) is 3.28. The van der Waals surface area contributed by atoms with Crippen LogP contribution in [-0.4, -0.2) is 18.2 Å². The molecule has 4 N–H and O–H groups in total. The van der Waals surface area contributed by atoms with E-state index >= 15 is 0 Å². The van der Waals surface area contributed by atoms with E-state index in [-0.39, 0.29) is 6.15 Å². The Hall–Kier alpha value is -1.81. The van der Waals surface area contributed by atoms with E-state index in [0.29, 0.717) is 5.75 Å². The van der Waals surface area contributed by atoms with Gasteiger partial charge in [-0.2, -0.15) is 0 Å². The third-order valence-corrected chi connectivity index (χ3v) is 1.54. The SMILES string of the molecule is COc1ccccc1/C=C/C(=O)O.N. The molecule has 0 spiro atoms. The molecule has 1 aromatic rings. The summed E-state index contributed by atoms with van der Waals surface area (Å²) in [6, 6.07) is 7.22. The van der Waals surface area contributed by atoms with Crippen molar-refractivity contribution in [1.82, 2.24) is 6.15 Å². The van der Waals surface area contributed by atoms with Crippen LogP contribution in [-0.2, 0) is 4.79 Å². The van der Waals surface area contributed by atoms with Gasteiger partial charge in [-0.1, -0.05) is 18.2 Å². The standard InChI is InChI=1S/C10H10O3.H3N/c1-13-9-5-3-2-4-8(9)6-7-10(11)12;/h2-7H,1H3,(H,11,12);1H3/b7-6+;. The highest BCUT2D eigenvalue weighted by atomic mass is 16.5. The number of methoxy groups -OCH3 is 1. The van der Waals surface area contributed by atoms with Crippen molar-refractivity contribution in [1.29, 1.82) is 0 Å². The quantitative estimate of drug-likeness (QED) is 0.722. The summed E-state index contributed by atoms with van der Waals surface area (Å²) in [7, 11) is 1.55. The first-order valence-corrected chi connectivity index (χ1v) is 3.78. The van der Waals surface area contributed by atoms with Crippen molar-refractivity contribution in [3.05, 3.63) is 35.9 Å². The first kappa shape index (κ1) is 12.2. The van der Waals surface area contributed by atoms with Crippen LogP contribution in [0.4, 0.5) is 0 Å². The lowest BCUT2D eigenvalue weighted by Gasteiger charge is -2.02. The molecule has 0 heterocycles. The fourth-order valence-corrected chi connectivity index (χ4v) is 0.965. The molecule has 0 aromatic heterocycles. The number of aliphatic carboxylic acids is 1. The molecule has 0 unspecified atom stereocenters. The molecule has 76 valence electrons. The minimum Gasteiger partial charge on any atom is -0.496 e. The number of para-hydroxylation sites is 1. The molecule has 0 aliphatic heterocycles. The molecule has 0 amide bonds. The Morgan fingerprint density at radius 1 is 1.43 bits per heavy atom. The van der Waals surface area contributed by atoms with Crippen LogP contribution in [0.3, 0.4) is 0 Å². The largest absolute Gasteiger partial charge is 0.496 e. The van der Waals surface area contributed by atoms with Gasteiger partial charge in [0, 0.05) is 11.6 Å². The van der Waals surface area contributed by atoms with Crippen molar-refractivity contribution < 1.29 is 14.6 Å². The number of rotatable bonds is 3. The summed E-state index contributed by atoms with van der Waals surface area (Å²) in [5.41, 5.74) is 0.757. The zero-order valence-electron chi connectivity index (χ0n) is 7.93. The Balaban J connectivity index is 0.00000169. The minimum atomic E-state index is -0.967. The van der Waals surface area contributed by atoms with Gasteiger partial charge in [0.05, 0.1) is 7.11 Å². The van der Waals surface area contributed by atoms with Crippen LogP contribution in [0.25, 0.3) is 6.08 Å². The molecule has 4 nitrogen and oxygen atoms in total. The van der Waals surface area contributed by atoms with Gasteiger partial charge in [0.15, 0.2) is 0 Å². The molecule has 1 aromatic carbocycles. The lowest BCUT2D eigenvalue weighted by molar-refractivity contribution is -0.131. The van der Waals surface area contributed by atoms with E-state index in [2.05, 4.69) is 0 Å². The Bertz CT molecular complexity index is 334. The Morgan fingerprint density at radius 2 is 2.07 bits per heavy atom. The molecular weight excluding hydrogens is 182 g/mol. The highest BCUT2D eigenvalue weighted by Gasteiger charge is 1.96. The van der Waals surface area contributed by atoms with Crippen LogP contribution in [0.15, 0.2) is 30.3 Å². The molecule has 1 rings (SSSR count). The van der Waals surface area contributed by atoms with Gasteiger partial charge in [-0.05, 0) is 12.1 Å². The van der Waals surface area contributed by atoms with E-state index in [4.69, 9.17) is 9.84 Å². The number of ether oxygens (including phenoxy) is 1. The zero-order valence-corrected chi connectivity index (χ0v) is 7.93. The molecule has 14 heavy (non-hydrogen) atoms. The van der Waals surface area contributed by atoms with Crippen molar-refractivity contribution in [2.24, 2.45) is 0 Å². The first-order chi connectivity index (χ1) is 6.24. The van der Waals surface area contributed by atoms with Crippen molar-refractivity contribution in [2.45, 2.75) is 0 Å². The Labute approximate surface area is 82.4 Å².